The van der Waals surface area contributed by atoms with Crippen molar-refractivity contribution in [3.8, 4) is 11.1 Å². The van der Waals surface area contributed by atoms with Crippen molar-refractivity contribution in [2.75, 3.05) is 26.2 Å². The van der Waals surface area contributed by atoms with Gasteiger partial charge in [0, 0.05) is 38.3 Å². The lowest BCUT2D eigenvalue weighted by Gasteiger charge is -2.34. The quantitative estimate of drug-likeness (QED) is 0.498. The summed E-state index contributed by atoms with van der Waals surface area (Å²) < 4.78 is 14.9. The summed E-state index contributed by atoms with van der Waals surface area (Å²) in [6.45, 7) is 5.61. The average molecular weight is 430 g/mol. The average Bonchev–Trinajstić information content (AvgIpc) is 3.26. The number of benzene rings is 2. The first-order valence-corrected chi connectivity index (χ1v) is 10.6. The monoisotopic (exact) mass is 430 g/mol. The summed E-state index contributed by atoms with van der Waals surface area (Å²) in [5.41, 5.74) is 4.30. The first-order valence-electron chi connectivity index (χ1n) is 10.6. The highest BCUT2D eigenvalue weighted by molar-refractivity contribution is 5.93. The van der Waals surface area contributed by atoms with E-state index in [1.54, 1.807) is 22.8 Å². The van der Waals surface area contributed by atoms with Gasteiger partial charge in [-0.2, -0.15) is 5.10 Å². The third-order valence-corrected chi connectivity index (χ3v) is 5.92. The van der Waals surface area contributed by atoms with Crippen LogP contribution in [0.15, 0.2) is 60.8 Å². The number of aryl methyl sites for hydroxylation is 1. The van der Waals surface area contributed by atoms with Gasteiger partial charge >= 0.3 is 0 Å². The van der Waals surface area contributed by atoms with Gasteiger partial charge in [0.05, 0.1) is 11.9 Å². The molecule has 0 atom stereocenters. The Hall–Kier alpha value is -3.65. The number of hydrogen-bond donors (Lipinski definition) is 0. The maximum absolute atomic E-state index is 13.3. The molecule has 0 radical (unpaired) electrons. The molecule has 2 aromatic heterocycles. The Balaban J connectivity index is 1.32. The number of nitrogens with zero attached hydrogens (tertiary/aromatic N) is 6. The summed E-state index contributed by atoms with van der Waals surface area (Å²) >= 11 is 0. The lowest BCUT2D eigenvalue weighted by Crippen LogP contribution is -2.48. The van der Waals surface area contributed by atoms with Gasteiger partial charge in [0.15, 0.2) is 11.3 Å². The Morgan fingerprint density at radius 1 is 0.969 bits per heavy atom. The third-order valence-electron chi connectivity index (χ3n) is 5.92. The molecular weight excluding hydrogens is 407 g/mol. The van der Waals surface area contributed by atoms with E-state index in [1.165, 1.54) is 17.7 Å². The molecule has 0 unspecified atom stereocenters. The summed E-state index contributed by atoms with van der Waals surface area (Å²) in [7, 11) is 0. The lowest BCUT2D eigenvalue weighted by molar-refractivity contribution is 0.0620. The van der Waals surface area contributed by atoms with Crippen molar-refractivity contribution in [2.24, 2.45) is 0 Å². The third kappa shape index (κ3) is 3.85. The molecule has 162 valence electrons. The molecule has 8 heteroatoms. The normalized spacial score (nSPS) is 14.8. The van der Waals surface area contributed by atoms with Crippen molar-refractivity contribution < 1.29 is 9.18 Å². The predicted octanol–water partition coefficient (Wildman–Crippen LogP) is 3.20. The van der Waals surface area contributed by atoms with E-state index in [9.17, 15) is 9.18 Å². The van der Waals surface area contributed by atoms with Gasteiger partial charge in [0.1, 0.15) is 5.82 Å². The van der Waals surface area contributed by atoms with E-state index in [2.05, 4.69) is 32.3 Å². The zero-order valence-corrected chi connectivity index (χ0v) is 17.8. The van der Waals surface area contributed by atoms with Crippen LogP contribution in [0.4, 0.5) is 4.39 Å². The van der Waals surface area contributed by atoms with Gasteiger partial charge in [-0.3, -0.25) is 9.69 Å². The van der Waals surface area contributed by atoms with Gasteiger partial charge in [-0.1, -0.05) is 42.5 Å². The Morgan fingerprint density at radius 3 is 2.41 bits per heavy atom. The van der Waals surface area contributed by atoms with Crippen molar-refractivity contribution in [2.45, 2.75) is 13.5 Å². The van der Waals surface area contributed by atoms with E-state index in [1.807, 2.05) is 30.0 Å². The molecule has 1 amide bonds. The lowest BCUT2D eigenvalue weighted by atomic mass is 10.1. The largest absolute Gasteiger partial charge is 0.335 e. The minimum Gasteiger partial charge on any atom is -0.335 e. The number of carbonyl (C=O) groups is 1. The fourth-order valence-corrected chi connectivity index (χ4v) is 4.08. The van der Waals surface area contributed by atoms with Crippen LogP contribution in [0, 0.1) is 12.7 Å². The molecule has 0 aliphatic carbocycles. The number of piperazine rings is 1. The number of amides is 1. The molecule has 0 saturated carbocycles. The predicted molar refractivity (Wildman–Crippen MR) is 119 cm³/mol. The first kappa shape index (κ1) is 20.3. The van der Waals surface area contributed by atoms with E-state index in [0.29, 0.717) is 30.1 Å². The fourth-order valence-electron chi connectivity index (χ4n) is 4.08. The highest BCUT2D eigenvalue weighted by Gasteiger charge is 2.26. The fraction of sp³-hybridized carbons (Fsp3) is 0.250. The van der Waals surface area contributed by atoms with Crippen LogP contribution in [0.3, 0.4) is 0 Å². The van der Waals surface area contributed by atoms with Crippen LogP contribution >= 0.6 is 0 Å². The molecule has 7 nitrogen and oxygen atoms in total. The van der Waals surface area contributed by atoms with Gasteiger partial charge in [-0.05, 0) is 30.2 Å². The van der Waals surface area contributed by atoms with Gasteiger partial charge in [-0.25, -0.2) is 8.91 Å². The SMILES string of the molecule is Cc1c(C(=O)N2CCN(Cc3ccccc3)CC2)nnc2c(-c3ccc(F)cc3)cnn12. The van der Waals surface area contributed by atoms with Crippen LogP contribution in [0.25, 0.3) is 16.8 Å². The topological polar surface area (TPSA) is 66.6 Å². The zero-order chi connectivity index (χ0) is 22.1. The highest BCUT2D eigenvalue weighted by Crippen LogP contribution is 2.24. The molecule has 1 fully saturated rings. The zero-order valence-electron chi connectivity index (χ0n) is 17.8. The molecule has 2 aromatic carbocycles. The minimum absolute atomic E-state index is 0.130. The second-order valence-electron chi connectivity index (χ2n) is 7.99. The van der Waals surface area contributed by atoms with Gasteiger partial charge < -0.3 is 4.90 Å². The molecule has 3 heterocycles. The maximum Gasteiger partial charge on any atom is 0.276 e. The van der Waals surface area contributed by atoms with E-state index in [-0.39, 0.29) is 11.7 Å². The van der Waals surface area contributed by atoms with Crippen LogP contribution in [-0.2, 0) is 6.54 Å². The first-order chi connectivity index (χ1) is 15.6. The van der Waals surface area contributed by atoms with Crippen molar-refractivity contribution in [3.05, 3.63) is 83.6 Å². The molecule has 1 aliphatic rings. The number of rotatable bonds is 4. The standard InChI is InChI=1S/C24H23FN6O/c1-17-22(24(32)30-13-11-29(12-14-30)16-18-5-3-2-4-6-18)27-28-23-21(15-26-31(17)23)19-7-9-20(25)10-8-19/h2-10,15H,11-14,16H2,1H3. The van der Waals surface area contributed by atoms with Crippen LogP contribution in [0.2, 0.25) is 0 Å². The summed E-state index contributed by atoms with van der Waals surface area (Å²) in [5, 5.41) is 12.9. The molecule has 1 aliphatic heterocycles. The van der Waals surface area contributed by atoms with Crippen LogP contribution in [0.5, 0.6) is 0 Å². The van der Waals surface area contributed by atoms with Crippen molar-refractivity contribution in [1.29, 1.82) is 0 Å². The van der Waals surface area contributed by atoms with Crippen molar-refractivity contribution in [1.82, 2.24) is 29.6 Å². The summed E-state index contributed by atoms with van der Waals surface area (Å²) in [6, 6.07) is 16.5. The van der Waals surface area contributed by atoms with Gasteiger partial charge in [-0.15, -0.1) is 10.2 Å². The Labute approximate surface area is 185 Å². The van der Waals surface area contributed by atoms with Gasteiger partial charge in [0.25, 0.3) is 5.91 Å². The van der Waals surface area contributed by atoms with E-state index < -0.39 is 0 Å². The molecule has 5 rings (SSSR count). The van der Waals surface area contributed by atoms with Crippen LogP contribution < -0.4 is 0 Å². The van der Waals surface area contributed by atoms with Crippen LogP contribution in [0.1, 0.15) is 21.7 Å². The number of carbonyl (C=O) groups excluding carboxylic acids is 1. The summed E-state index contributed by atoms with van der Waals surface area (Å²) in [4.78, 5) is 17.3. The summed E-state index contributed by atoms with van der Waals surface area (Å²) in [5.74, 6) is -0.431. The molecule has 0 spiro atoms. The van der Waals surface area contributed by atoms with Crippen molar-refractivity contribution >= 4 is 11.6 Å². The van der Waals surface area contributed by atoms with E-state index in [0.717, 1.165) is 30.8 Å². The molecule has 1 saturated heterocycles. The number of fused-ring (bicyclic) bond motifs is 1. The summed E-state index contributed by atoms with van der Waals surface area (Å²) in [6.07, 6.45) is 1.67. The second kappa shape index (κ2) is 8.47. The van der Waals surface area contributed by atoms with Crippen LogP contribution in [-0.4, -0.2) is 61.7 Å². The Kier molecular flexibility index (Phi) is 5.36. The second-order valence-corrected chi connectivity index (χ2v) is 7.99. The van der Waals surface area contributed by atoms with E-state index in [4.69, 9.17) is 0 Å². The molecule has 4 aromatic rings. The van der Waals surface area contributed by atoms with Gasteiger partial charge in [0.2, 0.25) is 0 Å². The molecule has 0 N–H and O–H groups in total. The minimum atomic E-state index is -0.302. The number of hydrogen-bond acceptors (Lipinski definition) is 5. The smallest absolute Gasteiger partial charge is 0.276 e. The number of halogens is 1. The Morgan fingerprint density at radius 2 is 1.69 bits per heavy atom. The number of aromatic nitrogens is 4. The molecule has 0 bridgehead atoms. The molecular formula is C24H23FN6O. The molecule has 32 heavy (non-hydrogen) atoms. The van der Waals surface area contributed by atoms with Crippen molar-refractivity contribution in [3.63, 3.8) is 0 Å². The van der Waals surface area contributed by atoms with E-state index >= 15 is 0 Å². The highest BCUT2D eigenvalue weighted by atomic mass is 19.1. The Bertz CT molecular complexity index is 1250. The maximum atomic E-state index is 13.3.